The van der Waals surface area contributed by atoms with E-state index in [1.807, 2.05) is 6.07 Å². The fourth-order valence-electron chi connectivity index (χ4n) is 3.83. The number of imidazole rings is 1. The van der Waals surface area contributed by atoms with Gasteiger partial charge in [-0.05, 0) is 35.0 Å². The van der Waals surface area contributed by atoms with Crippen molar-refractivity contribution in [2.24, 2.45) is 0 Å². The Morgan fingerprint density at radius 3 is 2.58 bits per heavy atom. The van der Waals surface area contributed by atoms with E-state index in [-0.39, 0.29) is 10.3 Å². The first-order chi connectivity index (χ1) is 14.7. The second-order valence-electron chi connectivity index (χ2n) is 8.76. The van der Waals surface area contributed by atoms with E-state index in [4.69, 9.17) is 9.72 Å². The number of aromatic nitrogens is 6. The molecular formula is C20H29N7O3S. The summed E-state index contributed by atoms with van der Waals surface area (Å²) in [4.78, 5) is 5.04. The van der Waals surface area contributed by atoms with Crippen molar-refractivity contribution in [3.05, 3.63) is 29.8 Å². The number of sulfonamides is 1. The number of aryl methyl sites for hydroxylation is 1. The van der Waals surface area contributed by atoms with Crippen molar-refractivity contribution in [2.75, 3.05) is 26.3 Å². The van der Waals surface area contributed by atoms with Gasteiger partial charge in [0, 0.05) is 25.0 Å². The SMILES string of the molecule is CCCn1c(Cn2nnnc2C(C)(C)C)nc2cc(S(=O)(=O)N3CCOCC3)ccc21. The zero-order chi connectivity index (χ0) is 22.2. The lowest BCUT2D eigenvalue weighted by molar-refractivity contribution is 0.0730. The number of nitrogens with zero attached hydrogens (tertiary/aromatic N) is 7. The van der Waals surface area contributed by atoms with Crippen LogP contribution in [0.3, 0.4) is 0 Å². The zero-order valence-corrected chi connectivity index (χ0v) is 19.3. The second-order valence-corrected chi connectivity index (χ2v) is 10.7. The smallest absolute Gasteiger partial charge is 0.243 e. The Hall–Kier alpha value is -2.37. The summed E-state index contributed by atoms with van der Waals surface area (Å²) in [6, 6.07) is 5.18. The number of benzene rings is 1. The van der Waals surface area contributed by atoms with Gasteiger partial charge in [-0.2, -0.15) is 4.31 Å². The van der Waals surface area contributed by atoms with Gasteiger partial charge in [-0.15, -0.1) is 5.10 Å². The maximum atomic E-state index is 13.1. The highest BCUT2D eigenvalue weighted by Crippen LogP contribution is 2.25. The minimum Gasteiger partial charge on any atom is -0.379 e. The highest BCUT2D eigenvalue weighted by Gasteiger charge is 2.28. The summed E-state index contributed by atoms with van der Waals surface area (Å²) in [7, 11) is -3.58. The van der Waals surface area contributed by atoms with Gasteiger partial charge in [0.2, 0.25) is 10.0 Å². The summed E-state index contributed by atoms with van der Waals surface area (Å²) in [6.07, 6.45) is 0.925. The van der Waals surface area contributed by atoms with E-state index >= 15 is 0 Å². The van der Waals surface area contributed by atoms with Crippen molar-refractivity contribution in [1.29, 1.82) is 0 Å². The van der Waals surface area contributed by atoms with Gasteiger partial charge in [0.1, 0.15) is 12.4 Å². The molecule has 0 saturated carbocycles. The lowest BCUT2D eigenvalue weighted by Crippen LogP contribution is -2.40. The number of fused-ring (bicyclic) bond motifs is 1. The maximum Gasteiger partial charge on any atom is 0.243 e. The van der Waals surface area contributed by atoms with E-state index in [0.29, 0.717) is 38.4 Å². The van der Waals surface area contributed by atoms with Crippen LogP contribution in [-0.4, -0.2) is 68.8 Å². The average Bonchev–Trinajstić information content (AvgIpc) is 3.34. The molecule has 1 aromatic carbocycles. The van der Waals surface area contributed by atoms with Crippen LogP contribution in [0.2, 0.25) is 0 Å². The number of tetrazole rings is 1. The van der Waals surface area contributed by atoms with Gasteiger partial charge in [-0.1, -0.05) is 27.7 Å². The van der Waals surface area contributed by atoms with Crippen LogP contribution in [0.5, 0.6) is 0 Å². The van der Waals surface area contributed by atoms with E-state index in [1.54, 1.807) is 16.8 Å². The summed E-state index contributed by atoms with van der Waals surface area (Å²) in [5.41, 5.74) is 1.36. The largest absolute Gasteiger partial charge is 0.379 e. The van der Waals surface area contributed by atoms with Gasteiger partial charge in [0.25, 0.3) is 0 Å². The standard InChI is InChI=1S/C20H29N7O3S/c1-5-8-26-17-7-6-15(31(28,29)25-9-11-30-12-10-25)13-16(17)21-18(26)14-27-19(20(2,3)4)22-23-24-27/h6-7,13H,5,8-12,14H2,1-4H3. The molecule has 0 bridgehead atoms. The van der Waals surface area contributed by atoms with Crippen LogP contribution in [-0.2, 0) is 33.3 Å². The lowest BCUT2D eigenvalue weighted by atomic mass is 9.96. The van der Waals surface area contributed by atoms with Crippen molar-refractivity contribution in [3.63, 3.8) is 0 Å². The quantitative estimate of drug-likeness (QED) is 0.567. The number of rotatable bonds is 6. The predicted octanol–water partition coefficient (Wildman–Crippen LogP) is 1.80. The average molecular weight is 448 g/mol. The van der Waals surface area contributed by atoms with Crippen LogP contribution in [0.1, 0.15) is 45.8 Å². The molecule has 0 spiro atoms. The molecule has 11 heteroatoms. The molecule has 1 fully saturated rings. The zero-order valence-electron chi connectivity index (χ0n) is 18.4. The molecule has 2 aromatic heterocycles. The number of hydrogen-bond donors (Lipinski definition) is 0. The minimum absolute atomic E-state index is 0.204. The minimum atomic E-state index is -3.58. The first-order valence-electron chi connectivity index (χ1n) is 10.6. The number of ether oxygens (including phenoxy) is 1. The van der Waals surface area contributed by atoms with E-state index in [2.05, 4.69) is 47.8 Å². The first kappa shape index (κ1) is 21.8. The first-order valence-corrected chi connectivity index (χ1v) is 12.0. The molecule has 0 unspecified atom stereocenters. The predicted molar refractivity (Wildman–Crippen MR) is 115 cm³/mol. The summed E-state index contributed by atoms with van der Waals surface area (Å²) in [5, 5.41) is 12.2. The Balaban J connectivity index is 1.74. The number of morpholine rings is 1. The molecule has 0 N–H and O–H groups in total. The van der Waals surface area contributed by atoms with Crippen molar-refractivity contribution < 1.29 is 13.2 Å². The molecule has 0 radical (unpaired) electrons. The fraction of sp³-hybridized carbons (Fsp3) is 0.600. The van der Waals surface area contributed by atoms with E-state index in [9.17, 15) is 8.42 Å². The van der Waals surface area contributed by atoms with E-state index in [1.165, 1.54) is 4.31 Å². The molecule has 3 aromatic rings. The van der Waals surface area contributed by atoms with E-state index in [0.717, 1.165) is 30.1 Å². The molecule has 1 aliphatic heterocycles. The van der Waals surface area contributed by atoms with Crippen LogP contribution in [0, 0.1) is 0 Å². The molecule has 0 aliphatic carbocycles. The summed E-state index contributed by atoms with van der Waals surface area (Å²) < 4.78 is 36.8. The third kappa shape index (κ3) is 4.21. The lowest BCUT2D eigenvalue weighted by Gasteiger charge is -2.26. The molecule has 1 aliphatic rings. The second kappa shape index (κ2) is 8.29. The van der Waals surface area contributed by atoms with Crippen LogP contribution in [0.25, 0.3) is 11.0 Å². The molecule has 4 rings (SSSR count). The third-order valence-corrected chi connectivity index (χ3v) is 7.24. The van der Waals surface area contributed by atoms with Crippen molar-refractivity contribution >= 4 is 21.1 Å². The summed E-state index contributed by atoms with van der Waals surface area (Å²) >= 11 is 0. The Bertz CT molecular complexity index is 1170. The fourth-order valence-corrected chi connectivity index (χ4v) is 5.26. The van der Waals surface area contributed by atoms with Crippen molar-refractivity contribution in [3.8, 4) is 0 Å². The molecular weight excluding hydrogens is 418 g/mol. The van der Waals surface area contributed by atoms with Crippen LogP contribution >= 0.6 is 0 Å². The van der Waals surface area contributed by atoms with E-state index < -0.39 is 10.0 Å². The topological polar surface area (TPSA) is 108 Å². The summed E-state index contributed by atoms with van der Waals surface area (Å²) in [6.45, 7) is 11.0. The molecule has 10 nitrogen and oxygen atoms in total. The van der Waals surface area contributed by atoms with Gasteiger partial charge >= 0.3 is 0 Å². The van der Waals surface area contributed by atoms with Gasteiger partial charge in [0.05, 0.1) is 29.1 Å². The normalized spacial score (nSPS) is 16.3. The molecule has 0 atom stereocenters. The van der Waals surface area contributed by atoms with Crippen LogP contribution in [0.15, 0.2) is 23.1 Å². The third-order valence-electron chi connectivity index (χ3n) is 5.35. The van der Waals surface area contributed by atoms with Crippen molar-refractivity contribution in [1.82, 2.24) is 34.1 Å². The summed E-state index contributed by atoms with van der Waals surface area (Å²) in [5.74, 6) is 1.58. The van der Waals surface area contributed by atoms with Crippen LogP contribution in [0.4, 0.5) is 0 Å². The Morgan fingerprint density at radius 2 is 1.90 bits per heavy atom. The van der Waals surface area contributed by atoms with Crippen LogP contribution < -0.4 is 0 Å². The molecule has 0 amide bonds. The molecule has 168 valence electrons. The van der Waals surface area contributed by atoms with Gasteiger partial charge in [-0.25, -0.2) is 18.1 Å². The Morgan fingerprint density at radius 1 is 1.16 bits per heavy atom. The molecule has 1 saturated heterocycles. The Kier molecular flexibility index (Phi) is 5.84. The number of hydrogen-bond acceptors (Lipinski definition) is 7. The Labute approximate surface area is 182 Å². The monoisotopic (exact) mass is 447 g/mol. The highest BCUT2D eigenvalue weighted by atomic mass is 32.2. The highest BCUT2D eigenvalue weighted by molar-refractivity contribution is 7.89. The van der Waals surface area contributed by atoms with Crippen molar-refractivity contribution in [2.45, 2.75) is 57.5 Å². The maximum absolute atomic E-state index is 13.1. The van der Waals surface area contributed by atoms with Gasteiger partial charge in [-0.3, -0.25) is 0 Å². The van der Waals surface area contributed by atoms with Gasteiger partial charge in [0.15, 0.2) is 5.82 Å². The van der Waals surface area contributed by atoms with Gasteiger partial charge < -0.3 is 9.30 Å². The molecule has 3 heterocycles. The molecule has 31 heavy (non-hydrogen) atoms.